The van der Waals surface area contributed by atoms with Crippen LogP contribution in [0, 0.1) is 0 Å². The molecule has 1 aromatic carbocycles. The van der Waals surface area contributed by atoms with Crippen LogP contribution >= 0.6 is 0 Å². The lowest BCUT2D eigenvalue weighted by Crippen LogP contribution is -2.42. The fourth-order valence-electron chi connectivity index (χ4n) is 2.75. The Labute approximate surface area is 143 Å². The third kappa shape index (κ3) is 4.67. The van der Waals surface area contributed by atoms with E-state index in [1.165, 1.54) is 12.1 Å². The molecule has 1 atom stereocenters. The van der Waals surface area contributed by atoms with Crippen molar-refractivity contribution in [3.8, 4) is 0 Å². The quantitative estimate of drug-likeness (QED) is 0.691. The Balaban J connectivity index is 2.12. The van der Waals surface area contributed by atoms with E-state index in [2.05, 4.69) is 6.58 Å². The van der Waals surface area contributed by atoms with Gasteiger partial charge in [-0.25, -0.2) is 16.8 Å². The van der Waals surface area contributed by atoms with Gasteiger partial charge < -0.3 is 4.90 Å². The highest BCUT2D eigenvalue weighted by Gasteiger charge is 2.33. The molecule has 1 amide bonds. The van der Waals surface area contributed by atoms with Crippen LogP contribution < -0.4 is 0 Å². The molecule has 1 unspecified atom stereocenters. The zero-order valence-electron chi connectivity index (χ0n) is 13.5. The molecule has 1 fully saturated rings. The number of hydrogen-bond donors (Lipinski definition) is 0. The van der Waals surface area contributed by atoms with E-state index in [0.29, 0.717) is 18.5 Å². The standard InChI is InChI=1S/C16H21NO5S2/c1-3-9-17(14-8-10-24(21,22)12-14)16(18)11-13-4-6-15(7-5-13)23(2,19)20/h3-7,14H,1,8-12H2,2H3. The molecule has 0 aliphatic carbocycles. The van der Waals surface area contributed by atoms with Gasteiger partial charge in [-0.3, -0.25) is 4.79 Å². The summed E-state index contributed by atoms with van der Waals surface area (Å²) in [5, 5.41) is 0. The predicted octanol–water partition coefficient (Wildman–Crippen LogP) is 0.834. The molecule has 8 heteroatoms. The Morgan fingerprint density at radius 3 is 2.42 bits per heavy atom. The average molecular weight is 371 g/mol. The molecule has 0 N–H and O–H groups in total. The van der Waals surface area contributed by atoms with E-state index >= 15 is 0 Å². The number of carbonyl (C=O) groups is 1. The van der Waals surface area contributed by atoms with E-state index in [1.54, 1.807) is 23.1 Å². The molecule has 132 valence electrons. The molecule has 0 saturated carbocycles. The topological polar surface area (TPSA) is 88.6 Å². The molecular formula is C16H21NO5S2. The van der Waals surface area contributed by atoms with Crippen molar-refractivity contribution in [1.29, 1.82) is 0 Å². The SMILES string of the molecule is C=CCN(C(=O)Cc1ccc(S(C)(=O)=O)cc1)C1CCS(=O)(=O)C1. The molecule has 1 aliphatic heterocycles. The Morgan fingerprint density at radius 2 is 1.96 bits per heavy atom. The molecule has 0 spiro atoms. The van der Waals surface area contributed by atoms with Gasteiger partial charge in [0.05, 0.1) is 22.8 Å². The molecule has 1 saturated heterocycles. The average Bonchev–Trinajstić information content (AvgIpc) is 2.84. The summed E-state index contributed by atoms with van der Waals surface area (Å²) < 4.78 is 46.2. The van der Waals surface area contributed by atoms with Crippen LogP contribution in [0.3, 0.4) is 0 Å². The van der Waals surface area contributed by atoms with Crippen molar-refractivity contribution >= 4 is 25.6 Å². The molecule has 0 radical (unpaired) electrons. The summed E-state index contributed by atoms with van der Waals surface area (Å²) in [6.07, 6.45) is 3.23. The van der Waals surface area contributed by atoms with Crippen molar-refractivity contribution in [1.82, 2.24) is 4.90 Å². The highest BCUT2D eigenvalue weighted by Crippen LogP contribution is 2.19. The number of amides is 1. The maximum absolute atomic E-state index is 12.5. The summed E-state index contributed by atoms with van der Waals surface area (Å²) in [5.74, 6) is -0.106. The number of nitrogens with zero attached hydrogens (tertiary/aromatic N) is 1. The molecule has 1 heterocycles. The third-order valence-electron chi connectivity index (χ3n) is 4.00. The molecule has 1 aliphatic rings. The van der Waals surface area contributed by atoms with Crippen LogP contribution in [0.2, 0.25) is 0 Å². The highest BCUT2D eigenvalue weighted by molar-refractivity contribution is 7.91. The summed E-state index contributed by atoms with van der Waals surface area (Å²) in [5.41, 5.74) is 0.683. The van der Waals surface area contributed by atoms with Crippen molar-refractivity contribution in [3.05, 3.63) is 42.5 Å². The van der Waals surface area contributed by atoms with E-state index in [0.717, 1.165) is 6.26 Å². The molecule has 0 bridgehead atoms. The molecule has 0 aromatic heterocycles. The zero-order valence-corrected chi connectivity index (χ0v) is 15.1. The fraction of sp³-hybridized carbons (Fsp3) is 0.438. The van der Waals surface area contributed by atoms with Gasteiger partial charge in [0.1, 0.15) is 0 Å². The number of hydrogen-bond acceptors (Lipinski definition) is 5. The van der Waals surface area contributed by atoms with Crippen molar-refractivity contribution in [3.63, 3.8) is 0 Å². The van der Waals surface area contributed by atoms with E-state index in [-0.39, 0.29) is 34.8 Å². The Bertz CT molecular complexity index is 826. The Kier molecular flexibility index (Phi) is 5.49. The van der Waals surface area contributed by atoms with Gasteiger partial charge >= 0.3 is 0 Å². The number of sulfone groups is 2. The molecule has 6 nitrogen and oxygen atoms in total. The van der Waals surface area contributed by atoms with Gasteiger partial charge in [-0.1, -0.05) is 18.2 Å². The lowest BCUT2D eigenvalue weighted by Gasteiger charge is -2.27. The largest absolute Gasteiger partial charge is 0.335 e. The minimum Gasteiger partial charge on any atom is -0.335 e. The lowest BCUT2D eigenvalue weighted by atomic mass is 10.1. The number of rotatable bonds is 6. The Hall–Kier alpha value is -1.67. The van der Waals surface area contributed by atoms with E-state index < -0.39 is 19.7 Å². The zero-order chi connectivity index (χ0) is 18.0. The third-order valence-corrected chi connectivity index (χ3v) is 6.88. The van der Waals surface area contributed by atoms with E-state index in [4.69, 9.17) is 0 Å². The van der Waals surface area contributed by atoms with Crippen molar-refractivity contribution in [2.75, 3.05) is 24.3 Å². The summed E-state index contributed by atoms with van der Waals surface area (Å²) in [7, 11) is -6.36. The van der Waals surface area contributed by atoms with Gasteiger partial charge in [0.15, 0.2) is 19.7 Å². The number of carbonyl (C=O) groups excluding carboxylic acids is 1. The van der Waals surface area contributed by atoms with Crippen LogP contribution in [-0.4, -0.2) is 58.0 Å². The second kappa shape index (κ2) is 7.06. The first-order valence-electron chi connectivity index (χ1n) is 7.52. The first-order chi connectivity index (χ1) is 11.1. The lowest BCUT2D eigenvalue weighted by molar-refractivity contribution is -0.131. The van der Waals surface area contributed by atoms with Crippen molar-refractivity contribution in [2.45, 2.75) is 23.8 Å². The second-order valence-electron chi connectivity index (χ2n) is 5.98. The van der Waals surface area contributed by atoms with Crippen LogP contribution in [-0.2, 0) is 30.9 Å². The van der Waals surface area contributed by atoms with Crippen molar-refractivity contribution in [2.24, 2.45) is 0 Å². The molecule has 1 aromatic rings. The second-order valence-corrected chi connectivity index (χ2v) is 10.2. The smallest absolute Gasteiger partial charge is 0.227 e. The molecule has 24 heavy (non-hydrogen) atoms. The normalized spacial score (nSPS) is 19.8. The van der Waals surface area contributed by atoms with Crippen LogP contribution in [0.4, 0.5) is 0 Å². The van der Waals surface area contributed by atoms with Crippen LogP contribution in [0.15, 0.2) is 41.8 Å². The summed E-state index contributed by atoms with van der Waals surface area (Å²) in [6, 6.07) is 5.82. The van der Waals surface area contributed by atoms with Gasteiger partial charge in [0.25, 0.3) is 0 Å². The predicted molar refractivity (Wildman–Crippen MR) is 92.2 cm³/mol. The van der Waals surface area contributed by atoms with Crippen LogP contribution in [0.25, 0.3) is 0 Å². The molecular weight excluding hydrogens is 350 g/mol. The maximum Gasteiger partial charge on any atom is 0.227 e. The fourth-order valence-corrected chi connectivity index (χ4v) is 5.11. The summed E-state index contributed by atoms with van der Waals surface area (Å²) in [4.78, 5) is 14.3. The first kappa shape index (κ1) is 18.7. The van der Waals surface area contributed by atoms with Crippen molar-refractivity contribution < 1.29 is 21.6 Å². The van der Waals surface area contributed by atoms with Gasteiger partial charge in [0, 0.05) is 18.8 Å². The van der Waals surface area contributed by atoms with Gasteiger partial charge in [-0.2, -0.15) is 0 Å². The van der Waals surface area contributed by atoms with E-state index in [1.807, 2.05) is 0 Å². The van der Waals surface area contributed by atoms with Crippen LogP contribution in [0.5, 0.6) is 0 Å². The van der Waals surface area contributed by atoms with Gasteiger partial charge in [-0.15, -0.1) is 6.58 Å². The minimum absolute atomic E-state index is 0.0143. The van der Waals surface area contributed by atoms with Gasteiger partial charge in [0.2, 0.25) is 5.91 Å². The van der Waals surface area contributed by atoms with Crippen LogP contribution in [0.1, 0.15) is 12.0 Å². The van der Waals surface area contributed by atoms with Gasteiger partial charge in [-0.05, 0) is 24.1 Å². The minimum atomic E-state index is -3.27. The summed E-state index contributed by atoms with van der Waals surface area (Å²) >= 11 is 0. The molecule has 2 rings (SSSR count). The summed E-state index contributed by atoms with van der Waals surface area (Å²) in [6.45, 7) is 3.92. The first-order valence-corrected chi connectivity index (χ1v) is 11.2. The highest BCUT2D eigenvalue weighted by atomic mass is 32.2. The van der Waals surface area contributed by atoms with E-state index in [9.17, 15) is 21.6 Å². The monoisotopic (exact) mass is 371 g/mol. The maximum atomic E-state index is 12.5. The Morgan fingerprint density at radius 1 is 1.33 bits per heavy atom. The number of benzene rings is 1.